The summed E-state index contributed by atoms with van der Waals surface area (Å²) in [5, 5.41) is 0. The van der Waals surface area contributed by atoms with Gasteiger partial charge in [-0.25, -0.2) is 0 Å². The third kappa shape index (κ3) is 3.34. The van der Waals surface area contributed by atoms with Crippen LogP contribution >= 0.6 is 0 Å². The highest BCUT2D eigenvalue weighted by atomic mass is 16.2. The molecule has 0 aromatic rings. The lowest BCUT2D eigenvalue weighted by molar-refractivity contribution is -0.128. The first kappa shape index (κ1) is 12.2. The van der Waals surface area contributed by atoms with E-state index in [2.05, 4.69) is 6.92 Å². The van der Waals surface area contributed by atoms with E-state index in [1.54, 1.807) is 0 Å². The van der Waals surface area contributed by atoms with Gasteiger partial charge in [0.05, 0.1) is 0 Å². The Labute approximate surface area is 92.3 Å². The fourth-order valence-corrected chi connectivity index (χ4v) is 2.08. The molecule has 1 aliphatic rings. The summed E-state index contributed by atoms with van der Waals surface area (Å²) in [6.45, 7) is 6.38. The van der Waals surface area contributed by atoms with Gasteiger partial charge in [-0.1, -0.05) is 13.0 Å². The Morgan fingerprint density at radius 1 is 1.60 bits per heavy atom. The van der Waals surface area contributed by atoms with E-state index in [1.807, 2.05) is 17.9 Å². The Morgan fingerprint density at radius 2 is 2.33 bits per heavy atom. The molecule has 0 spiro atoms. The Balaban J connectivity index is 2.56. The largest absolute Gasteiger partial charge is 0.339 e. The van der Waals surface area contributed by atoms with Gasteiger partial charge in [-0.05, 0) is 38.6 Å². The van der Waals surface area contributed by atoms with E-state index >= 15 is 0 Å². The van der Waals surface area contributed by atoms with Gasteiger partial charge in [0.2, 0.25) is 5.91 Å². The van der Waals surface area contributed by atoms with Gasteiger partial charge >= 0.3 is 0 Å². The second-order valence-corrected chi connectivity index (χ2v) is 4.29. The molecule has 3 heteroatoms. The van der Waals surface area contributed by atoms with E-state index in [4.69, 9.17) is 5.73 Å². The van der Waals surface area contributed by atoms with Crippen molar-refractivity contribution in [3.63, 3.8) is 0 Å². The molecule has 1 fully saturated rings. The maximum Gasteiger partial charge on any atom is 0.249 e. The van der Waals surface area contributed by atoms with Crippen LogP contribution in [0.15, 0.2) is 11.6 Å². The van der Waals surface area contributed by atoms with Gasteiger partial charge in [-0.15, -0.1) is 0 Å². The monoisotopic (exact) mass is 210 g/mol. The SMILES string of the molecule is CCC=C(C)C(=O)N1CCCC(CN)C1. The first-order valence-electron chi connectivity index (χ1n) is 5.85. The highest BCUT2D eigenvalue weighted by Gasteiger charge is 2.22. The second kappa shape index (κ2) is 5.91. The summed E-state index contributed by atoms with van der Waals surface area (Å²) in [5.74, 6) is 0.687. The van der Waals surface area contributed by atoms with Crippen molar-refractivity contribution in [3.05, 3.63) is 11.6 Å². The molecule has 1 aliphatic heterocycles. The van der Waals surface area contributed by atoms with Crippen LogP contribution in [0.25, 0.3) is 0 Å². The van der Waals surface area contributed by atoms with Crippen molar-refractivity contribution in [2.75, 3.05) is 19.6 Å². The van der Waals surface area contributed by atoms with E-state index in [0.717, 1.165) is 37.9 Å². The minimum absolute atomic E-state index is 0.190. The Hall–Kier alpha value is -0.830. The van der Waals surface area contributed by atoms with Crippen LogP contribution < -0.4 is 5.73 Å². The molecular weight excluding hydrogens is 188 g/mol. The smallest absolute Gasteiger partial charge is 0.249 e. The molecule has 1 unspecified atom stereocenters. The van der Waals surface area contributed by atoms with Gasteiger partial charge in [0, 0.05) is 18.7 Å². The van der Waals surface area contributed by atoms with Gasteiger partial charge in [0.25, 0.3) is 0 Å². The number of rotatable bonds is 3. The summed E-state index contributed by atoms with van der Waals surface area (Å²) in [6, 6.07) is 0. The molecule has 1 amide bonds. The van der Waals surface area contributed by atoms with Crippen LogP contribution in [0, 0.1) is 5.92 Å². The molecular formula is C12H22N2O. The zero-order valence-corrected chi connectivity index (χ0v) is 9.83. The van der Waals surface area contributed by atoms with Crippen molar-refractivity contribution in [1.82, 2.24) is 4.90 Å². The zero-order valence-electron chi connectivity index (χ0n) is 9.83. The molecule has 0 saturated carbocycles. The predicted octanol–water partition coefficient (Wildman–Crippen LogP) is 1.54. The van der Waals surface area contributed by atoms with Crippen LogP contribution in [-0.2, 0) is 4.79 Å². The van der Waals surface area contributed by atoms with Gasteiger partial charge in [0.15, 0.2) is 0 Å². The van der Waals surface area contributed by atoms with Crippen LogP contribution in [0.4, 0.5) is 0 Å². The van der Waals surface area contributed by atoms with Gasteiger partial charge in [-0.3, -0.25) is 4.79 Å². The van der Waals surface area contributed by atoms with Gasteiger partial charge in [0.1, 0.15) is 0 Å². The van der Waals surface area contributed by atoms with Gasteiger partial charge in [-0.2, -0.15) is 0 Å². The Kier molecular flexibility index (Phi) is 4.82. The fraction of sp³-hybridized carbons (Fsp3) is 0.750. The third-order valence-corrected chi connectivity index (χ3v) is 2.99. The molecule has 3 nitrogen and oxygen atoms in total. The molecule has 15 heavy (non-hydrogen) atoms. The number of hydrogen-bond donors (Lipinski definition) is 1. The molecule has 0 aromatic heterocycles. The normalized spacial score (nSPS) is 23.0. The number of allylic oxidation sites excluding steroid dienone is 1. The van der Waals surface area contributed by atoms with Crippen LogP contribution in [-0.4, -0.2) is 30.4 Å². The standard InChI is InChI=1S/C12H22N2O/c1-3-5-10(2)12(15)14-7-4-6-11(8-13)9-14/h5,11H,3-4,6-9,13H2,1-2H3. The first-order valence-corrected chi connectivity index (χ1v) is 5.85. The summed E-state index contributed by atoms with van der Waals surface area (Å²) in [6.07, 6.45) is 5.17. The fourth-order valence-electron chi connectivity index (χ4n) is 2.08. The molecule has 1 heterocycles. The Bertz CT molecular complexity index is 248. The van der Waals surface area contributed by atoms with Crippen molar-refractivity contribution in [2.45, 2.75) is 33.1 Å². The lowest BCUT2D eigenvalue weighted by Crippen LogP contribution is -2.42. The average Bonchev–Trinajstić information content (AvgIpc) is 2.28. The molecule has 1 saturated heterocycles. The number of piperidine rings is 1. The Morgan fingerprint density at radius 3 is 2.93 bits per heavy atom. The molecule has 0 aliphatic carbocycles. The quantitative estimate of drug-likeness (QED) is 0.718. The summed E-state index contributed by atoms with van der Waals surface area (Å²) < 4.78 is 0. The van der Waals surface area contributed by atoms with E-state index < -0.39 is 0 Å². The van der Waals surface area contributed by atoms with Crippen molar-refractivity contribution >= 4 is 5.91 Å². The topological polar surface area (TPSA) is 46.3 Å². The molecule has 1 atom stereocenters. The van der Waals surface area contributed by atoms with Crippen LogP contribution in [0.1, 0.15) is 33.1 Å². The number of amides is 1. The first-order chi connectivity index (χ1) is 7.19. The summed E-state index contributed by atoms with van der Waals surface area (Å²) in [7, 11) is 0. The third-order valence-electron chi connectivity index (χ3n) is 2.99. The van der Waals surface area contributed by atoms with Crippen LogP contribution in [0.5, 0.6) is 0 Å². The summed E-state index contributed by atoms with van der Waals surface area (Å²) in [5.41, 5.74) is 6.52. The van der Waals surface area contributed by atoms with E-state index in [9.17, 15) is 4.79 Å². The lowest BCUT2D eigenvalue weighted by atomic mass is 9.97. The number of likely N-dealkylation sites (tertiary alicyclic amines) is 1. The van der Waals surface area contributed by atoms with E-state index in [-0.39, 0.29) is 5.91 Å². The van der Waals surface area contributed by atoms with Crippen molar-refractivity contribution in [2.24, 2.45) is 11.7 Å². The van der Waals surface area contributed by atoms with Crippen molar-refractivity contribution in [1.29, 1.82) is 0 Å². The highest BCUT2D eigenvalue weighted by molar-refractivity contribution is 5.92. The molecule has 0 bridgehead atoms. The van der Waals surface area contributed by atoms with Crippen LogP contribution in [0.2, 0.25) is 0 Å². The molecule has 86 valence electrons. The number of carbonyl (C=O) groups is 1. The number of hydrogen-bond acceptors (Lipinski definition) is 2. The lowest BCUT2D eigenvalue weighted by Gasteiger charge is -2.32. The molecule has 2 N–H and O–H groups in total. The maximum atomic E-state index is 12.0. The average molecular weight is 210 g/mol. The molecule has 1 rings (SSSR count). The van der Waals surface area contributed by atoms with Crippen molar-refractivity contribution in [3.8, 4) is 0 Å². The maximum absolute atomic E-state index is 12.0. The number of nitrogens with zero attached hydrogens (tertiary/aromatic N) is 1. The predicted molar refractivity (Wildman–Crippen MR) is 62.4 cm³/mol. The molecule has 0 radical (unpaired) electrons. The van der Waals surface area contributed by atoms with Gasteiger partial charge < -0.3 is 10.6 Å². The minimum Gasteiger partial charge on any atom is -0.339 e. The zero-order chi connectivity index (χ0) is 11.3. The van der Waals surface area contributed by atoms with E-state index in [1.165, 1.54) is 0 Å². The van der Waals surface area contributed by atoms with Crippen molar-refractivity contribution < 1.29 is 4.79 Å². The van der Waals surface area contributed by atoms with Crippen LogP contribution in [0.3, 0.4) is 0 Å². The number of nitrogens with two attached hydrogens (primary N) is 1. The number of carbonyl (C=O) groups excluding carboxylic acids is 1. The van der Waals surface area contributed by atoms with E-state index in [0.29, 0.717) is 12.5 Å². The summed E-state index contributed by atoms with van der Waals surface area (Å²) >= 11 is 0. The summed E-state index contributed by atoms with van der Waals surface area (Å²) in [4.78, 5) is 13.9. The minimum atomic E-state index is 0.190. The highest BCUT2D eigenvalue weighted by Crippen LogP contribution is 2.17. The molecule has 0 aromatic carbocycles. The second-order valence-electron chi connectivity index (χ2n) is 4.29.